The van der Waals surface area contributed by atoms with Crippen LogP contribution in [0, 0.1) is 16.7 Å². The molecule has 0 aliphatic rings. The van der Waals surface area contributed by atoms with Crippen LogP contribution in [0.3, 0.4) is 0 Å². The SMILES string of the molecule is CC(C)(C#N)C(=O)NCc1ccc2[nH]c(=O)oc2c1. The maximum atomic E-state index is 11.7. The summed E-state index contributed by atoms with van der Waals surface area (Å²) in [7, 11) is 0. The molecule has 6 nitrogen and oxygen atoms in total. The quantitative estimate of drug-likeness (QED) is 0.867. The van der Waals surface area contributed by atoms with Gasteiger partial charge in [0.25, 0.3) is 0 Å². The Bertz CT molecular complexity index is 719. The lowest BCUT2D eigenvalue weighted by Gasteiger charge is -2.14. The highest BCUT2D eigenvalue weighted by Gasteiger charge is 2.26. The van der Waals surface area contributed by atoms with E-state index in [0.29, 0.717) is 11.1 Å². The van der Waals surface area contributed by atoms with E-state index in [2.05, 4.69) is 10.3 Å². The number of aromatic amines is 1. The van der Waals surface area contributed by atoms with Crippen molar-refractivity contribution >= 4 is 17.0 Å². The van der Waals surface area contributed by atoms with Crippen molar-refractivity contribution in [3.05, 3.63) is 34.3 Å². The number of nitrogens with zero attached hydrogens (tertiary/aromatic N) is 1. The Hall–Kier alpha value is -2.55. The zero-order valence-electron chi connectivity index (χ0n) is 10.6. The predicted octanol–water partition coefficient (Wildman–Crippen LogP) is 1.29. The molecule has 0 saturated carbocycles. The number of H-pyrrole nitrogens is 1. The minimum atomic E-state index is -1.06. The first-order chi connectivity index (χ1) is 8.92. The second kappa shape index (κ2) is 4.61. The molecule has 0 radical (unpaired) electrons. The van der Waals surface area contributed by atoms with E-state index in [1.165, 1.54) is 0 Å². The Morgan fingerprint density at radius 2 is 2.26 bits per heavy atom. The third-order valence-corrected chi connectivity index (χ3v) is 2.79. The maximum absolute atomic E-state index is 11.7. The van der Waals surface area contributed by atoms with Crippen LogP contribution < -0.4 is 11.1 Å². The topological polar surface area (TPSA) is 98.9 Å². The van der Waals surface area contributed by atoms with Gasteiger partial charge in [0.1, 0.15) is 5.41 Å². The molecule has 1 heterocycles. The first-order valence-corrected chi connectivity index (χ1v) is 5.74. The summed E-state index contributed by atoms with van der Waals surface area (Å²) < 4.78 is 4.93. The first kappa shape index (κ1) is 12.9. The van der Waals surface area contributed by atoms with E-state index in [9.17, 15) is 9.59 Å². The highest BCUT2D eigenvalue weighted by molar-refractivity contribution is 5.84. The molecule has 19 heavy (non-hydrogen) atoms. The molecule has 0 atom stereocenters. The van der Waals surface area contributed by atoms with Crippen LogP contribution in [0.1, 0.15) is 19.4 Å². The number of aromatic nitrogens is 1. The second-order valence-electron chi connectivity index (χ2n) is 4.76. The summed E-state index contributed by atoms with van der Waals surface area (Å²) in [5.74, 6) is -0.854. The first-order valence-electron chi connectivity index (χ1n) is 5.74. The van der Waals surface area contributed by atoms with Gasteiger partial charge in [0.05, 0.1) is 11.6 Å². The lowest BCUT2D eigenvalue weighted by Crippen LogP contribution is -2.35. The molecule has 2 N–H and O–H groups in total. The third kappa shape index (κ3) is 2.65. The predicted molar refractivity (Wildman–Crippen MR) is 68.1 cm³/mol. The molecule has 0 bridgehead atoms. The van der Waals surface area contributed by atoms with Crippen molar-refractivity contribution in [2.24, 2.45) is 5.41 Å². The average Bonchev–Trinajstić information content (AvgIpc) is 2.74. The van der Waals surface area contributed by atoms with Crippen LogP contribution >= 0.6 is 0 Å². The Balaban J connectivity index is 2.12. The number of nitriles is 1. The maximum Gasteiger partial charge on any atom is 0.417 e. The van der Waals surface area contributed by atoms with E-state index >= 15 is 0 Å². The highest BCUT2D eigenvalue weighted by Crippen LogP contribution is 2.15. The van der Waals surface area contributed by atoms with E-state index in [0.717, 1.165) is 5.56 Å². The van der Waals surface area contributed by atoms with Crippen molar-refractivity contribution in [1.82, 2.24) is 10.3 Å². The summed E-state index contributed by atoms with van der Waals surface area (Å²) >= 11 is 0. The fraction of sp³-hybridized carbons (Fsp3) is 0.308. The van der Waals surface area contributed by atoms with Crippen LogP contribution in [0.5, 0.6) is 0 Å². The van der Waals surface area contributed by atoms with Crippen molar-refractivity contribution in [2.75, 3.05) is 0 Å². The van der Waals surface area contributed by atoms with Crippen LogP contribution in [-0.4, -0.2) is 10.9 Å². The van der Waals surface area contributed by atoms with Gasteiger partial charge in [-0.2, -0.15) is 5.26 Å². The molecule has 0 spiro atoms. The summed E-state index contributed by atoms with van der Waals surface area (Å²) in [5.41, 5.74) is 0.774. The molecule has 2 aromatic rings. The summed E-state index contributed by atoms with van der Waals surface area (Å²) in [6.07, 6.45) is 0. The van der Waals surface area contributed by atoms with E-state index in [1.807, 2.05) is 6.07 Å². The lowest BCUT2D eigenvalue weighted by atomic mass is 9.95. The summed E-state index contributed by atoms with van der Waals surface area (Å²) in [4.78, 5) is 25.3. The molecule has 6 heteroatoms. The van der Waals surface area contributed by atoms with Crippen LogP contribution in [0.15, 0.2) is 27.4 Å². The van der Waals surface area contributed by atoms with Gasteiger partial charge in [-0.25, -0.2) is 4.79 Å². The van der Waals surface area contributed by atoms with Crippen LogP contribution in [0.25, 0.3) is 11.1 Å². The van der Waals surface area contributed by atoms with E-state index in [-0.39, 0.29) is 12.5 Å². The fourth-order valence-corrected chi connectivity index (χ4v) is 1.55. The molecule has 1 aromatic carbocycles. The molecule has 1 amide bonds. The Labute approximate surface area is 109 Å². The Kier molecular flexibility index (Phi) is 3.13. The standard InChI is InChI=1S/C13H13N3O3/c1-13(2,7-14)11(17)15-6-8-3-4-9-10(5-8)19-12(18)16-9/h3-5H,6H2,1-2H3,(H,15,17)(H,16,18). The van der Waals surface area contributed by atoms with Gasteiger partial charge in [-0.1, -0.05) is 6.07 Å². The average molecular weight is 259 g/mol. The number of benzene rings is 1. The number of rotatable bonds is 3. The van der Waals surface area contributed by atoms with Crippen LogP contribution in [-0.2, 0) is 11.3 Å². The second-order valence-corrected chi connectivity index (χ2v) is 4.76. The van der Waals surface area contributed by atoms with Crippen molar-refractivity contribution < 1.29 is 9.21 Å². The molecule has 2 rings (SSSR count). The number of hydrogen-bond acceptors (Lipinski definition) is 4. The smallest absolute Gasteiger partial charge is 0.408 e. The van der Waals surface area contributed by atoms with Gasteiger partial charge in [-0.3, -0.25) is 9.78 Å². The summed E-state index contributed by atoms with van der Waals surface area (Å²) in [5, 5.41) is 11.5. The van der Waals surface area contributed by atoms with Gasteiger partial charge in [-0.05, 0) is 31.5 Å². The fourth-order valence-electron chi connectivity index (χ4n) is 1.55. The Morgan fingerprint density at radius 3 is 2.95 bits per heavy atom. The van der Waals surface area contributed by atoms with Gasteiger partial charge in [-0.15, -0.1) is 0 Å². The number of oxazole rings is 1. The molecular formula is C13H13N3O3. The van der Waals surface area contributed by atoms with Crippen molar-refractivity contribution in [3.8, 4) is 6.07 Å². The minimum Gasteiger partial charge on any atom is -0.408 e. The van der Waals surface area contributed by atoms with Gasteiger partial charge in [0.2, 0.25) is 5.91 Å². The third-order valence-electron chi connectivity index (χ3n) is 2.79. The molecule has 0 saturated heterocycles. The Morgan fingerprint density at radius 1 is 1.53 bits per heavy atom. The molecule has 0 fully saturated rings. The number of nitrogens with one attached hydrogen (secondary N) is 2. The minimum absolute atomic E-state index is 0.273. The van der Waals surface area contributed by atoms with Gasteiger partial charge in [0, 0.05) is 6.54 Å². The number of amides is 1. The van der Waals surface area contributed by atoms with Crippen molar-refractivity contribution in [2.45, 2.75) is 20.4 Å². The number of carbonyl (C=O) groups excluding carboxylic acids is 1. The van der Waals surface area contributed by atoms with Crippen molar-refractivity contribution in [1.29, 1.82) is 5.26 Å². The molecule has 0 aliphatic heterocycles. The molecular weight excluding hydrogens is 246 g/mol. The molecule has 1 aromatic heterocycles. The van der Waals surface area contributed by atoms with E-state index in [1.54, 1.807) is 32.0 Å². The zero-order chi connectivity index (χ0) is 14.0. The number of carbonyl (C=O) groups is 1. The monoisotopic (exact) mass is 259 g/mol. The zero-order valence-corrected chi connectivity index (χ0v) is 10.6. The van der Waals surface area contributed by atoms with Crippen LogP contribution in [0.4, 0.5) is 0 Å². The normalized spacial score (nSPS) is 11.2. The largest absolute Gasteiger partial charge is 0.417 e. The van der Waals surface area contributed by atoms with E-state index in [4.69, 9.17) is 9.68 Å². The van der Waals surface area contributed by atoms with Gasteiger partial charge < -0.3 is 9.73 Å². The molecule has 0 aliphatic carbocycles. The number of hydrogen-bond donors (Lipinski definition) is 2. The van der Waals surface area contributed by atoms with Crippen molar-refractivity contribution in [3.63, 3.8) is 0 Å². The molecule has 0 unspecified atom stereocenters. The number of fused-ring (bicyclic) bond motifs is 1. The molecule has 98 valence electrons. The lowest BCUT2D eigenvalue weighted by molar-refractivity contribution is -0.126. The summed E-state index contributed by atoms with van der Waals surface area (Å²) in [6.45, 7) is 3.38. The highest BCUT2D eigenvalue weighted by atomic mass is 16.4. The van der Waals surface area contributed by atoms with E-state index < -0.39 is 11.2 Å². The summed E-state index contributed by atoms with van der Waals surface area (Å²) in [6, 6.07) is 7.08. The van der Waals surface area contributed by atoms with Gasteiger partial charge >= 0.3 is 5.76 Å². The van der Waals surface area contributed by atoms with Gasteiger partial charge in [0.15, 0.2) is 5.58 Å². The van der Waals surface area contributed by atoms with Crippen LogP contribution in [0.2, 0.25) is 0 Å².